The standard InChI is InChI=1S/C18H24N2O4/c1-12-9-14(10-15(13(12)2)18(23)24-3)19-16(21)11-20-8-6-4-5-7-17(20)22/h9-10H,4-8,11H2,1-3H3,(H,19,21). The predicted molar refractivity (Wildman–Crippen MR) is 90.9 cm³/mol. The van der Waals surface area contributed by atoms with Crippen molar-refractivity contribution in [2.75, 3.05) is 25.5 Å². The van der Waals surface area contributed by atoms with E-state index in [4.69, 9.17) is 4.74 Å². The number of nitrogens with one attached hydrogen (secondary N) is 1. The molecule has 0 aromatic heterocycles. The summed E-state index contributed by atoms with van der Waals surface area (Å²) in [5, 5.41) is 2.78. The van der Waals surface area contributed by atoms with Gasteiger partial charge in [-0.05, 0) is 49.9 Å². The van der Waals surface area contributed by atoms with Gasteiger partial charge in [0.05, 0.1) is 19.2 Å². The molecule has 2 amide bonds. The van der Waals surface area contributed by atoms with Crippen LogP contribution in [0.5, 0.6) is 0 Å². The monoisotopic (exact) mass is 332 g/mol. The lowest BCUT2D eigenvalue weighted by Crippen LogP contribution is -2.37. The van der Waals surface area contributed by atoms with E-state index in [0.29, 0.717) is 24.2 Å². The van der Waals surface area contributed by atoms with Crippen molar-refractivity contribution in [2.24, 2.45) is 0 Å². The predicted octanol–water partition coefficient (Wildman–Crippen LogP) is 2.43. The zero-order valence-corrected chi connectivity index (χ0v) is 14.5. The van der Waals surface area contributed by atoms with Crippen LogP contribution in [-0.2, 0) is 14.3 Å². The summed E-state index contributed by atoms with van der Waals surface area (Å²) in [5.41, 5.74) is 2.67. The number of carbonyl (C=O) groups is 3. The third kappa shape index (κ3) is 4.34. The molecule has 1 saturated heterocycles. The highest BCUT2D eigenvalue weighted by Gasteiger charge is 2.20. The van der Waals surface area contributed by atoms with Crippen molar-refractivity contribution < 1.29 is 19.1 Å². The zero-order valence-electron chi connectivity index (χ0n) is 14.5. The number of rotatable bonds is 4. The molecule has 130 valence electrons. The van der Waals surface area contributed by atoms with Gasteiger partial charge in [0.1, 0.15) is 0 Å². The lowest BCUT2D eigenvalue weighted by molar-refractivity contribution is -0.134. The van der Waals surface area contributed by atoms with Gasteiger partial charge in [-0.25, -0.2) is 4.79 Å². The largest absolute Gasteiger partial charge is 0.465 e. The van der Waals surface area contributed by atoms with Crippen LogP contribution in [0.1, 0.15) is 47.2 Å². The molecule has 1 heterocycles. The summed E-state index contributed by atoms with van der Waals surface area (Å²) < 4.78 is 4.78. The van der Waals surface area contributed by atoms with Crippen LogP contribution < -0.4 is 5.32 Å². The van der Waals surface area contributed by atoms with Crippen molar-refractivity contribution >= 4 is 23.5 Å². The number of benzene rings is 1. The number of nitrogens with zero attached hydrogens (tertiary/aromatic N) is 1. The van der Waals surface area contributed by atoms with E-state index in [0.717, 1.165) is 30.4 Å². The SMILES string of the molecule is COC(=O)c1cc(NC(=O)CN2CCCCCC2=O)cc(C)c1C. The summed E-state index contributed by atoms with van der Waals surface area (Å²) >= 11 is 0. The third-order valence-electron chi connectivity index (χ3n) is 4.36. The Bertz CT molecular complexity index is 655. The number of hydrogen-bond donors (Lipinski definition) is 1. The van der Waals surface area contributed by atoms with Crippen LogP contribution in [-0.4, -0.2) is 42.9 Å². The summed E-state index contributed by atoms with van der Waals surface area (Å²) in [5.74, 6) is -0.670. The average molecular weight is 332 g/mol. The van der Waals surface area contributed by atoms with E-state index in [1.54, 1.807) is 11.0 Å². The number of methoxy groups -OCH3 is 1. The van der Waals surface area contributed by atoms with Crippen molar-refractivity contribution in [3.8, 4) is 0 Å². The highest BCUT2D eigenvalue weighted by atomic mass is 16.5. The number of amides is 2. The Morgan fingerprint density at radius 3 is 2.67 bits per heavy atom. The van der Waals surface area contributed by atoms with Crippen LogP contribution in [0, 0.1) is 13.8 Å². The normalized spacial score (nSPS) is 15.0. The fourth-order valence-electron chi connectivity index (χ4n) is 2.83. The van der Waals surface area contributed by atoms with Crippen LogP contribution >= 0.6 is 0 Å². The van der Waals surface area contributed by atoms with Gasteiger partial charge in [-0.2, -0.15) is 0 Å². The lowest BCUT2D eigenvalue weighted by atomic mass is 10.0. The first-order chi connectivity index (χ1) is 11.4. The second-order valence-corrected chi connectivity index (χ2v) is 6.13. The van der Waals surface area contributed by atoms with E-state index in [1.165, 1.54) is 7.11 Å². The van der Waals surface area contributed by atoms with Gasteiger partial charge in [0.15, 0.2) is 0 Å². The Labute approximate surface area is 142 Å². The molecule has 1 N–H and O–H groups in total. The molecule has 6 nitrogen and oxygen atoms in total. The van der Waals surface area contributed by atoms with Gasteiger partial charge in [-0.3, -0.25) is 9.59 Å². The average Bonchev–Trinajstić information content (AvgIpc) is 2.74. The van der Waals surface area contributed by atoms with Gasteiger partial charge in [0, 0.05) is 18.7 Å². The lowest BCUT2D eigenvalue weighted by Gasteiger charge is -2.20. The highest BCUT2D eigenvalue weighted by molar-refractivity contribution is 5.97. The number of esters is 1. The molecule has 6 heteroatoms. The van der Waals surface area contributed by atoms with Crippen LogP contribution in [0.2, 0.25) is 0 Å². The molecule has 0 atom stereocenters. The first-order valence-electron chi connectivity index (χ1n) is 8.19. The molecular formula is C18H24N2O4. The van der Waals surface area contributed by atoms with Gasteiger partial charge < -0.3 is 15.0 Å². The summed E-state index contributed by atoms with van der Waals surface area (Å²) in [4.78, 5) is 37.7. The van der Waals surface area contributed by atoms with E-state index < -0.39 is 5.97 Å². The van der Waals surface area contributed by atoms with Crippen LogP contribution in [0.25, 0.3) is 0 Å². The molecule has 1 fully saturated rings. The minimum Gasteiger partial charge on any atom is -0.465 e. The molecule has 0 spiro atoms. The van der Waals surface area contributed by atoms with E-state index in [1.807, 2.05) is 19.9 Å². The molecule has 1 aromatic carbocycles. The number of hydrogen-bond acceptors (Lipinski definition) is 4. The molecular weight excluding hydrogens is 308 g/mol. The van der Waals surface area contributed by atoms with Crippen molar-refractivity contribution in [3.63, 3.8) is 0 Å². The smallest absolute Gasteiger partial charge is 0.338 e. The van der Waals surface area contributed by atoms with E-state index in [-0.39, 0.29) is 18.4 Å². The molecule has 1 aliphatic heterocycles. The quantitative estimate of drug-likeness (QED) is 0.859. The number of likely N-dealkylation sites (tertiary alicyclic amines) is 1. The Morgan fingerprint density at radius 2 is 1.96 bits per heavy atom. The molecule has 0 bridgehead atoms. The molecule has 0 radical (unpaired) electrons. The maximum atomic E-state index is 12.3. The Hall–Kier alpha value is -2.37. The Balaban J connectivity index is 2.09. The molecule has 24 heavy (non-hydrogen) atoms. The molecule has 0 aliphatic carbocycles. The van der Waals surface area contributed by atoms with Crippen LogP contribution in [0.3, 0.4) is 0 Å². The first-order valence-corrected chi connectivity index (χ1v) is 8.19. The fraction of sp³-hybridized carbons (Fsp3) is 0.500. The number of anilines is 1. The minimum absolute atomic E-state index is 0.0259. The van der Waals surface area contributed by atoms with E-state index in [9.17, 15) is 14.4 Å². The number of ether oxygens (including phenoxy) is 1. The Morgan fingerprint density at radius 1 is 1.21 bits per heavy atom. The minimum atomic E-state index is -0.436. The summed E-state index contributed by atoms with van der Waals surface area (Å²) in [6.45, 7) is 4.37. The maximum Gasteiger partial charge on any atom is 0.338 e. The van der Waals surface area contributed by atoms with Gasteiger partial charge in [-0.15, -0.1) is 0 Å². The third-order valence-corrected chi connectivity index (χ3v) is 4.36. The molecule has 1 aromatic rings. The van der Waals surface area contributed by atoms with Crippen LogP contribution in [0.4, 0.5) is 5.69 Å². The second kappa shape index (κ2) is 7.95. The molecule has 0 unspecified atom stereocenters. The van der Waals surface area contributed by atoms with Crippen molar-refractivity contribution in [3.05, 3.63) is 28.8 Å². The fourth-order valence-corrected chi connectivity index (χ4v) is 2.83. The van der Waals surface area contributed by atoms with Crippen molar-refractivity contribution in [1.82, 2.24) is 4.90 Å². The summed E-state index contributed by atoms with van der Waals surface area (Å²) in [6.07, 6.45) is 3.33. The maximum absolute atomic E-state index is 12.3. The van der Waals surface area contributed by atoms with Gasteiger partial charge in [0.25, 0.3) is 0 Å². The van der Waals surface area contributed by atoms with Gasteiger partial charge in [-0.1, -0.05) is 6.42 Å². The second-order valence-electron chi connectivity index (χ2n) is 6.13. The molecule has 2 rings (SSSR count). The summed E-state index contributed by atoms with van der Waals surface area (Å²) in [6, 6.07) is 3.42. The van der Waals surface area contributed by atoms with E-state index in [2.05, 4.69) is 5.32 Å². The molecule has 1 aliphatic rings. The summed E-state index contributed by atoms with van der Waals surface area (Å²) in [7, 11) is 1.33. The van der Waals surface area contributed by atoms with Crippen molar-refractivity contribution in [2.45, 2.75) is 39.5 Å². The van der Waals surface area contributed by atoms with Gasteiger partial charge >= 0.3 is 5.97 Å². The highest BCUT2D eigenvalue weighted by Crippen LogP contribution is 2.21. The number of aryl methyl sites for hydroxylation is 1. The van der Waals surface area contributed by atoms with Gasteiger partial charge in [0.2, 0.25) is 11.8 Å². The topological polar surface area (TPSA) is 75.7 Å². The molecule has 0 saturated carbocycles. The Kier molecular flexibility index (Phi) is 5.95. The number of carbonyl (C=O) groups excluding carboxylic acids is 3. The zero-order chi connectivity index (χ0) is 17.7. The first kappa shape index (κ1) is 18.0. The van der Waals surface area contributed by atoms with Crippen molar-refractivity contribution in [1.29, 1.82) is 0 Å². The van der Waals surface area contributed by atoms with Crippen LogP contribution in [0.15, 0.2) is 12.1 Å². The van der Waals surface area contributed by atoms with E-state index >= 15 is 0 Å².